The Morgan fingerprint density at radius 3 is 1.38 bits per heavy atom. The van der Waals surface area contributed by atoms with Crippen molar-refractivity contribution in [3.8, 4) is 0 Å². The lowest BCUT2D eigenvalue weighted by atomic mass is 10.3. The molecule has 0 aliphatic rings. The molecule has 0 saturated heterocycles. The van der Waals surface area contributed by atoms with Crippen molar-refractivity contribution in [3.05, 3.63) is 35.8 Å². The molecule has 2 nitrogen and oxygen atoms in total. The van der Waals surface area contributed by atoms with E-state index >= 15 is 0 Å². The Morgan fingerprint density at radius 1 is 0.923 bits per heavy atom. The first-order valence-corrected chi connectivity index (χ1v) is 4.76. The fraction of sp³-hybridized carbons (Fsp3) is 0.545. The van der Waals surface area contributed by atoms with Crippen molar-refractivity contribution in [1.29, 1.82) is 0 Å². The van der Waals surface area contributed by atoms with Crippen molar-refractivity contribution in [2.45, 2.75) is 34.6 Å². The van der Waals surface area contributed by atoms with Crippen LogP contribution in [0.2, 0.25) is 0 Å². The van der Waals surface area contributed by atoms with Crippen molar-refractivity contribution in [1.82, 2.24) is 0 Å². The van der Waals surface area contributed by atoms with Crippen molar-refractivity contribution >= 4 is 0 Å². The maximum absolute atomic E-state index is 10.2. The summed E-state index contributed by atoms with van der Waals surface area (Å²) in [6.45, 7) is 10.5. The number of aromatic nitrogens is 1. The van der Waals surface area contributed by atoms with Crippen LogP contribution in [0.1, 0.15) is 34.6 Å². The number of nitrogens with zero attached hydrogens (tertiary/aromatic N) is 1. The van der Waals surface area contributed by atoms with Gasteiger partial charge >= 0.3 is 0 Å². The van der Waals surface area contributed by atoms with Gasteiger partial charge in [0.15, 0.2) is 12.4 Å². The van der Waals surface area contributed by atoms with Gasteiger partial charge in [0.2, 0.25) is 0 Å². The predicted octanol–water partition coefficient (Wildman–Crippen LogP) is 3.01. The molecule has 0 atom stereocenters. The molecule has 0 fully saturated rings. The highest BCUT2D eigenvalue weighted by atomic mass is 16.5. The summed E-state index contributed by atoms with van der Waals surface area (Å²) < 4.78 is 0.750. The van der Waals surface area contributed by atoms with Crippen LogP contribution in [0.25, 0.3) is 0 Å². The molecule has 1 heterocycles. The summed E-state index contributed by atoms with van der Waals surface area (Å²) in [5, 5.41) is 10.2. The maximum Gasteiger partial charge on any atom is 0.180 e. The molecule has 0 bridgehead atoms. The predicted molar refractivity (Wildman–Crippen MR) is 57.3 cm³/mol. The molecule has 0 amide bonds. The fourth-order valence-electron chi connectivity index (χ4n) is 0.383. The Morgan fingerprint density at radius 2 is 1.23 bits per heavy atom. The quantitative estimate of drug-likeness (QED) is 0.448. The van der Waals surface area contributed by atoms with E-state index in [0.29, 0.717) is 0 Å². The van der Waals surface area contributed by atoms with Crippen molar-refractivity contribution < 1.29 is 4.73 Å². The minimum Gasteiger partial charge on any atom is -0.619 e. The first-order chi connectivity index (χ1) is 6.13. The van der Waals surface area contributed by atoms with Crippen molar-refractivity contribution in [2.75, 3.05) is 0 Å². The molecule has 2 heteroatoms. The van der Waals surface area contributed by atoms with Crippen molar-refractivity contribution in [2.24, 2.45) is 5.92 Å². The van der Waals surface area contributed by atoms with Crippen molar-refractivity contribution in [3.63, 3.8) is 0 Å². The zero-order valence-electron chi connectivity index (χ0n) is 9.32. The first kappa shape index (κ1) is 14.5. The Hall–Kier alpha value is -1.05. The lowest BCUT2D eigenvalue weighted by Crippen LogP contribution is -2.22. The van der Waals surface area contributed by atoms with Gasteiger partial charge in [-0.1, -0.05) is 40.7 Å². The number of hydrogen-bond acceptors (Lipinski definition) is 1. The number of rotatable bonds is 0. The minimum absolute atomic E-state index is 0.750. The monoisotopic (exact) mass is 183 g/mol. The Balaban J connectivity index is 0. The van der Waals surface area contributed by atoms with Gasteiger partial charge in [0.05, 0.1) is 0 Å². The second kappa shape index (κ2) is 11.0. The molecule has 1 aromatic rings. The Labute approximate surface area is 81.8 Å². The maximum atomic E-state index is 10.2. The lowest BCUT2D eigenvalue weighted by molar-refractivity contribution is -0.605. The third kappa shape index (κ3) is 18.2. The highest BCUT2D eigenvalue weighted by molar-refractivity contribution is 4.83. The largest absolute Gasteiger partial charge is 0.619 e. The smallest absolute Gasteiger partial charge is 0.180 e. The van der Waals surface area contributed by atoms with E-state index in [0.717, 1.165) is 10.6 Å². The second-order valence-electron chi connectivity index (χ2n) is 2.97. The van der Waals surface area contributed by atoms with Gasteiger partial charge in [-0.25, -0.2) is 0 Å². The summed E-state index contributed by atoms with van der Waals surface area (Å²) in [5.41, 5.74) is 0. The summed E-state index contributed by atoms with van der Waals surface area (Å²) in [5.74, 6) is 0.833. The average Bonchev–Trinajstić information content (AvgIpc) is 2.08. The van der Waals surface area contributed by atoms with Gasteiger partial charge < -0.3 is 5.21 Å². The average molecular weight is 183 g/mol. The van der Waals surface area contributed by atoms with E-state index in [1.165, 1.54) is 12.4 Å². The molecular weight excluding hydrogens is 162 g/mol. The molecule has 76 valence electrons. The van der Waals surface area contributed by atoms with E-state index in [2.05, 4.69) is 20.8 Å². The van der Waals surface area contributed by atoms with Crippen LogP contribution in [-0.4, -0.2) is 0 Å². The van der Waals surface area contributed by atoms with Crippen LogP contribution in [0, 0.1) is 11.1 Å². The Bertz CT molecular complexity index is 170. The summed E-state index contributed by atoms with van der Waals surface area (Å²) in [6, 6.07) is 5.18. The fourth-order valence-corrected chi connectivity index (χ4v) is 0.383. The first-order valence-electron chi connectivity index (χ1n) is 4.76. The van der Waals surface area contributed by atoms with Gasteiger partial charge in [0.25, 0.3) is 0 Å². The molecule has 0 aliphatic heterocycles. The third-order valence-corrected chi connectivity index (χ3v) is 0.688. The molecule has 0 unspecified atom stereocenters. The van der Waals surface area contributed by atoms with Crippen LogP contribution in [0.5, 0.6) is 0 Å². The topological polar surface area (TPSA) is 26.9 Å². The molecule has 1 rings (SSSR count). The highest BCUT2D eigenvalue weighted by Gasteiger charge is 1.75. The van der Waals surface area contributed by atoms with Gasteiger partial charge in [-0.3, -0.25) is 0 Å². The van der Waals surface area contributed by atoms with Crippen LogP contribution in [0.3, 0.4) is 0 Å². The molecular formula is C11H21NO. The van der Waals surface area contributed by atoms with E-state index in [9.17, 15) is 5.21 Å². The standard InChI is InChI=1S/C5H5NO.C4H10.C2H6/c7-6-4-2-1-3-5-6;1-4(2)3;1-2/h1-5H;4H,1-3H3;1-2H3. The zero-order chi connectivity index (χ0) is 10.7. The number of hydrogen-bond donors (Lipinski definition) is 0. The third-order valence-electron chi connectivity index (χ3n) is 0.688. The summed E-state index contributed by atoms with van der Waals surface area (Å²) >= 11 is 0. The zero-order valence-corrected chi connectivity index (χ0v) is 9.32. The normalized spacial score (nSPS) is 7.85. The molecule has 0 saturated carbocycles. The van der Waals surface area contributed by atoms with Crippen LogP contribution in [0.4, 0.5) is 0 Å². The lowest BCUT2D eigenvalue weighted by Gasteiger charge is -1.88. The van der Waals surface area contributed by atoms with E-state index in [1.807, 2.05) is 13.8 Å². The molecule has 13 heavy (non-hydrogen) atoms. The van der Waals surface area contributed by atoms with Crippen LogP contribution in [-0.2, 0) is 0 Å². The van der Waals surface area contributed by atoms with Crippen LogP contribution >= 0.6 is 0 Å². The highest BCUT2D eigenvalue weighted by Crippen LogP contribution is 1.81. The van der Waals surface area contributed by atoms with Crippen LogP contribution in [0.15, 0.2) is 30.6 Å². The Kier molecular flexibility index (Phi) is 12.2. The van der Waals surface area contributed by atoms with Gasteiger partial charge in [-0.05, 0) is 5.92 Å². The summed E-state index contributed by atoms with van der Waals surface area (Å²) in [6.07, 6.45) is 2.89. The molecule has 0 radical (unpaired) electrons. The van der Waals surface area contributed by atoms with Gasteiger partial charge in [-0.15, -0.1) is 0 Å². The molecule has 0 N–H and O–H groups in total. The molecule has 0 aliphatic carbocycles. The van der Waals surface area contributed by atoms with E-state index in [1.54, 1.807) is 18.2 Å². The molecule has 1 aromatic heterocycles. The van der Waals surface area contributed by atoms with Gasteiger partial charge in [0, 0.05) is 12.1 Å². The minimum atomic E-state index is 0.750. The second-order valence-corrected chi connectivity index (χ2v) is 2.97. The van der Waals surface area contributed by atoms with Gasteiger partial charge in [-0.2, -0.15) is 4.73 Å². The SMILES string of the molecule is CC.CC(C)C.[O-][n+]1ccccc1. The summed E-state index contributed by atoms with van der Waals surface area (Å²) in [7, 11) is 0. The van der Waals surface area contributed by atoms with E-state index < -0.39 is 0 Å². The number of pyridine rings is 1. The van der Waals surface area contributed by atoms with Gasteiger partial charge in [0.1, 0.15) is 0 Å². The van der Waals surface area contributed by atoms with E-state index in [-0.39, 0.29) is 0 Å². The summed E-state index contributed by atoms with van der Waals surface area (Å²) in [4.78, 5) is 0. The van der Waals surface area contributed by atoms with E-state index in [4.69, 9.17) is 0 Å². The van der Waals surface area contributed by atoms with Crippen LogP contribution < -0.4 is 4.73 Å². The molecule has 0 spiro atoms. The molecule has 0 aromatic carbocycles.